The molecule has 1 aliphatic rings. The molecule has 1 N–H and O–H groups in total. The van der Waals surface area contributed by atoms with E-state index in [1.54, 1.807) is 17.0 Å². The fraction of sp³-hybridized carbons (Fsp3) is 0.545. The van der Waals surface area contributed by atoms with Crippen molar-refractivity contribution < 1.29 is 14.3 Å². The molecule has 1 aromatic heterocycles. The summed E-state index contributed by atoms with van der Waals surface area (Å²) in [5, 5.41) is 8.49. The first kappa shape index (κ1) is 22.7. The number of piperazine rings is 1. The molecule has 0 radical (unpaired) electrons. The third-order valence-electron chi connectivity index (χ3n) is 5.12. The van der Waals surface area contributed by atoms with Gasteiger partial charge in [0.25, 0.3) is 5.56 Å². The number of amides is 2. The fourth-order valence-corrected chi connectivity index (χ4v) is 3.54. The van der Waals surface area contributed by atoms with Crippen molar-refractivity contribution >= 4 is 22.8 Å². The Morgan fingerprint density at radius 2 is 1.74 bits per heavy atom. The maximum Gasteiger partial charge on any atom is 0.410 e. The summed E-state index contributed by atoms with van der Waals surface area (Å²) in [6.45, 7) is 11.0. The summed E-state index contributed by atoms with van der Waals surface area (Å²) >= 11 is 0. The number of rotatable bonds is 5. The van der Waals surface area contributed by atoms with Crippen molar-refractivity contribution in [3.8, 4) is 0 Å². The minimum Gasteiger partial charge on any atom is -0.444 e. The summed E-state index contributed by atoms with van der Waals surface area (Å²) < 4.78 is 6.62. The van der Waals surface area contributed by atoms with E-state index >= 15 is 0 Å². The summed E-state index contributed by atoms with van der Waals surface area (Å²) in [7, 11) is 0. The second-order valence-electron chi connectivity index (χ2n) is 8.75. The van der Waals surface area contributed by atoms with Gasteiger partial charge in [-0.1, -0.05) is 18.2 Å². The number of aryl methyl sites for hydroxylation is 1. The number of carbonyl (C=O) groups is 2. The summed E-state index contributed by atoms with van der Waals surface area (Å²) in [6.07, 6.45) is -0.288. The maximum atomic E-state index is 12.6. The SMILES string of the molecule is Cc1nn(CC(=O)NCCN2CCN(C(=O)OC(C)(C)C)CC2)c(=O)c2ccccc12. The zero-order chi connectivity index (χ0) is 22.6. The predicted octanol–water partition coefficient (Wildman–Crippen LogP) is 1.37. The third-order valence-corrected chi connectivity index (χ3v) is 5.12. The van der Waals surface area contributed by atoms with Gasteiger partial charge in [-0.3, -0.25) is 14.5 Å². The number of hydrogen-bond donors (Lipinski definition) is 1. The lowest BCUT2D eigenvalue weighted by atomic mass is 10.1. The highest BCUT2D eigenvalue weighted by molar-refractivity contribution is 5.83. The van der Waals surface area contributed by atoms with Gasteiger partial charge >= 0.3 is 6.09 Å². The van der Waals surface area contributed by atoms with E-state index in [1.807, 2.05) is 39.8 Å². The molecule has 9 heteroatoms. The molecular weight excluding hydrogens is 398 g/mol. The zero-order valence-electron chi connectivity index (χ0n) is 18.7. The molecule has 0 atom stereocenters. The number of nitrogens with zero attached hydrogens (tertiary/aromatic N) is 4. The van der Waals surface area contributed by atoms with Crippen LogP contribution in [0.4, 0.5) is 4.79 Å². The molecule has 168 valence electrons. The molecule has 31 heavy (non-hydrogen) atoms. The number of aromatic nitrogens is 2. The van der Waals surface area contributed by atoms with Crippen LogP contribution >= 0.6 is 0 Å². The second kappa shape index (κ2) is 9.47. The Kier molecular flexibility index (Phi) is 6.94. The summed E-state index contributed by atoms with van der Waals surface area (Å²) in [5.41, 5.74) is -0.0562. The van der Waals surface area contributed by atoms with Crippen LogP contribution in [0.1, 0.15) is 26.5 Å². The van der Waals surface area contributed by atoms with E-state index in [0.717, 1.165) is 18.5 Å². The number of hydrogen-bond acceptors (Lipinski definition) is 6. The average molecular weight is 430 g/mol. The molecule has 2 amide bonds. The molecule has 0 unspecified atom stereocenters. The van der Waals surface area contributed by atoms with Crippen LogP contribution in [0.3, 0.4) is 0 Å². The van der Waals surface area contributed by atoms with Gasteiger partial charge < -0.3 is 15.0 Å². The number of benzene rings is 1. The van der Waals surface area contributed by atoms with E-state index in [2.05, 4.69) is 15.3 Å². The van der Waals surface area contributed by atoms with E-state index in [-0.39, 0.29) is 24.1 Å². The highest BCUT2D eigenvalue weighted by Crippen LogP contribution is 2.12. The average Bonchev–Trinajstić information content (AvgIpc) is 2.71. The van der Waals surface area contributed by atoms with Gasteiger partial charge in [0, 0.05) is 44.7 Å². The molecule has 9 nitrogen and oxygen atoms in total. The normalized spacial score (nSPS) is 15.2. The van der Waals surface area contributed by atoms with Gasteiger partial charge in [0.15, 0.2) is 0 Å². The van der Waals surface area contributed by atoms with Gasteiger partial charge in [-0.25, -0.2) is 9.48 Å². The minimum absolute atomic E-state index is 0.114. The van der Waals surface area contributed by atoms with Crippen LogP contribution in [0, 0.1) is 6.92 Å². The maximum absolute atomic E-state index is 12.6. The van der Waals surface area contributed by atoms with Gasteiger partial charge in [0.1, 0.15) is 12.1 Å². The van der Waals surface area contributed by atoms with Gasteiger partial charge in [0.2, 0.25) is 5.91 Å². The molecule has 3 rings (SSSR count). The molecule has 0 spiro atoms. The van der Waals surface area contributed by atoms with Gasteiger partial charge in [-0.2, -0.15) is 5.10 Å². The number of nitrogens with one attached hydrogen (secondary N) is 1. The van der Waals surface area contributed by atoms with Crippen LogP contribution in [0.25, 0.3) is 10.8 Å². The van der Waals surface area contributed by atoms with Crippen LogP contribution < -0.4 is 10.9 Å². The summed E-state index contributed by atoms with van der Waals surface area (Å²) in [4.78, 5) is 40.9. The first-order valence-corrected chi connectivity index (χ1v) is 10.6. The standard InChI is InChI=1S/C22H31N5O4/c1-16-17-7-5-6-8-18(17)20(29)27(24-16)15-19(28)23-9-10-25-11-13-26(14-12-25)21(30)31-22(2,3)4/h5-8H,9-15H2,1-4H3,(H,23,28). The first-order chi connectivity index (χ1) is 14.6. The Hall–Kier alpha value is -2.94. The van der Waals surface area contributed by atoms with Crippen molar-refractivity contribution in [3.05, 3.63) is 40.3 Å². The van der Waals surface area contributed by atoms with Crippen molar-refractivity contribution in [1.82, 2.24) is 24.9 Å². The molecule has 1 aromatic carbocycles. The quantitative estimate of drug-likeness (QED) is 0.771. The van der Waals surface area contributed by atoms with Gasteiger partial charge in [-0.15, -0.1) is 0 Å². The lowest BCUT2D eigenvalue weighted by Crippen LogP contribution is -2.51. The molecule has 1 fully saturated rings. The number of fused-ring (bicyclic) bond motifs is 1. The van der Waals surface area contributed by atoms with Crippen molar-refractivity contribution in [3.63, 3.8) is 0 Å². The zero-order valence-corrected chi connectivity index (χ0v) is 18.7. The molecule has 0 saturated carbocycles. The van der Waals surface area contributed by atoms with Crippen molar-refractivity contribution in [2.75, 3.05) is 39.3 Å². The van der Waals surface area contributed by atoms with E-state index in [1.165, 1.54) is 4.68 Å². The molecule has 1 aliphatic heterocycles. The number of carbonyl (C=O) groups excluding carboxylic acids is 2. The molecule has 1 saturated heterocycles. The largest absolute Gasteiger partial charge is 0.444 e. The second-order valence-corrected chi connectivity index (χ2v) is 8.75. The smallest absolute Gasteiger partial charge is 0.410 e. The Morgan fingerprint density at radius 3 is 2.39 bits per heavy atom. The van der Waals surface area contributed by atoms with Gasteiger partial charge in [0.05, 0.1) is 11.1 Å². The van der Waals surface area contributed by atoms with E-state index in [4.69, 9.17) is 4.74 Å². The molecule has 0 aliphatic carbocycles. The van der Waals surface area contributed by atoms with Crippen molar-refractivity contribution in [2.24, 2.45) is 0 Å². The Morgan fingerprint density at radius 1 is 1.10 bits per heavy atom. The highest BCUT2D eigenvalue weighted by Gasteiger charge is 2.25. The predicted molar refractivity (Wildman–Crippen MR) is 118 cm³/mol. The molecule has 2 aromatic rings. The topological polar surface area (TPSA) is 96.8 Å². The van der Waals surface area contributed by atoms with E-state index in [0.29, 0.717) is 37.3 Å². The van der Waals surface area contributed by atoms with Crippen LogP contribution in [0.15, 0.2) is 29.1 Å². The van der Waals surface area contributed by atoms with Crippen molar-refractivity contribution in [1.29, 1.82) is 0 Å². The lowest BCUT2D eigenvalue weighted by Gasteiger charge is -2.35. The molecule has 2 heterocycles. The van der Waals surface area contributed by atoms with Crippen LogP contribution in [0.2, 0.25) is 0 Å². The third kappa shape index (κ3) is 6.04. The monoisotopic (exact) mass is 429 g/mol. The Labute approximate surface area is 182 Å². The van der Waals surface area contributed by atoms with Crippen LogP contribution in [-0.2, 0) is 16.1 Å². The molecule has 0 bridgehead atoms. The number of ether oxygens (including phenoxy) is 1. The van der Waals surface area contributed by atoms with E-state index < -0.39 is 5.60 Å². The first-order valence-electron chi connectivity index (χ1n) is 10.6. The van der Waals surface area contributed by atoms with Crippen molar-refractivity contribution in [2.45, 2.75) is 39.8 Å². The Bertz CT molecular complexity index is 1000. The van der Waals surface area contributed by atoms with Crippen LogP contribution in [-0.4, -0.2) is 76.5 Å². The minimum atomic E-state index is -0.501. The highest BCUT2D eigenvalue weighted by atomic mass is 16.6. The van der Waals surface area contributed by atoms with E-state index in [9.17, 15) is 14.4 Å². The van der Waals surface area contributed by atoms with Gasteiger partial charge in [-0.05, 0) is 33.8 Å². The molecular formula is C22H31N5O4. The fourth-order valence-electron chi connectivity index (χ4n) is 3.54. The summed E-state index contributed by atoms with van der Waals surface area (Å²) in [5.74, 6) is -0.253. The Balaban J connectivity index is 1.45. The summed E-state index contributed by atoms with van der Waals surface area (Å²) in [6, 6.07) is 7.26. The van der Waals surface area contributed by atoms with Crippen LogP contribution in [0.5, 0.6) is 0 Å². The lowest BCUT2D eigenvalue weighted by molar-refractivity contribution is -0.122.